The van der Waals surface area contributed by atoms with Crippen LogP contribution in [0, 0.1) is 0 Å². The van der Waals surface area contributed by atoms with Crippen molar-refractivity contribution in [2.45, 2.75) is 38.8 Å². The number of rotatable bonds is 4. The van der Waals surface area contributed by atoms with Gasteiger partial charge in [0.05, 0.1) is 19.3 Å². The molecule has 5 heteroatoms. The number of nitrogens with zero attached hydrogens (tertiary/aromatic N) is 1. The third-order valence-electron chi connectivity index (χ3n) is 2.98. The molecule has 5 nitrogen and oxygen atoms in total. The Balaban J connectivity index is 2.67. The minimum atomic E-state index is -0.121. The number of carbonyl (C=O) groups excluding carboxylic acids is 1. The highest BCUT2D eigenvalue weighted by atomic mass is 16.5. The fraction of sp³-hybridized carbons (Fsp3) is 0.900. The Morgan fingerprint density at radius 2 is 2.40 bits per heavy atom. The molecule has 15 heavy (non-hydrogen) atoms. The average Bonchev–Trinajstić information content (AvgIpc) is 2.30. The fourth-order valence-corrected chi connectivity index (χ4v) is 2.10. The highest BCUT2D eigenvalue weighted by Crippen LogP contribution is 2.16. The molecule has 0 spiro atoms. The fourth-order valence-electron chi connectivity index (χ4n) is 2.10. The Kier molecular flexibility index (Phi) is 5.01. The van der Waals surface area contributed by atoms with Crippen LogP contribution >= 0.6 is 0 Å². The van der Waals surface area contributed by atoms with Gasteiger partial charge in [-0.3, -0.25) is 15.1 Å². The monoisotopic (exact) mass is 215 g/mol. The molecule has 0 radical (unpaired) electrons. The number of hydrazine groups is 1. The first kappa shape index (κ1) is 12.4. The van der Waals surface area contributed by atoms with E-state index in [0.717, 1.165) is 19.4 Å². The molecule has 1 saturated heterocycles. The van der Waals surface area contributed by atoms with Crippen LogP contribution in [-0.4, -0.2) is 42.6 Å². The predicted octanol–water partition coefficient (Wildman–Crippen LogP) is -0.134. The quantitative estimate of drug-likeness (QED) is 0.389. The first-order chi connectivity index (χ1) is 7.24. The molecule has 0 bridgehead atoms. The first-order valence-electron chi connectivity index (χ1n) is 5.58. The van der Waals surface area contributed by atoms with E-state index in [0.29, 0.717) is 19.3 Å². The van der Waals surface area contributed by atoms with E-state index in [2.05, 4.69) is 17.2 Å². The van der Waals surface area contributed by atoms with Gasteiger partial charge in [-0.25, -0.2) is 5.84 Å². The summed E-state index contributed by atoms with van der Waals surface area (Å²) in [6.07, 6.45) is 1.77. The summed E-state index contributed by atoms with van der Waals surface area (Å²) in [5, 5.41) is 0. The van der Waals surface area contributed by atoms with E-state index in [4.69, 9.17) is 10.6 Å². The number of ether oxygens (including phenoxy) is 1. The molecule has 0 aromatic rings. The molecule has 1 heterocycles. The molecule has 88 valence electrons. The summed E-state index contributed by atoms with van der Waals surface area (Å²) in [6.45, 7) is 6.33. The second-order valence-corrected chi connectivity index (χ2v) is 3.81. The van der Waals surface area contributed by atoms with Crippen LogP contribution in [0.25, 0.3) is 0 Å². The largest absolute Gasteiger partial charge is 0.378 e. The van der Waals surface area contributed by atoms with Gasteiger partial charge in [-0.05, 0) is 12.8 Å². The zero-order valence-corrected chi connectivity index (χ0v) is 9.53. The van der Waals surface area contributed by atoms with Crippen molar-refractivity contribution in [3.8, 4) is 0 Å². The van der Waals surface area contributed by atoms with Crippen LogP contribution in [0.15, 0.2) is 0 Å². The van der Waals surface area contributed by atoms with E-state index < -0.39 is 0 Å². The lowest BCUT2D eigenvalue weighted by molar-refractivity contribution is -0.131. The SMILES string of the molecule is CCC1COCCN1C(CC)C(=O)NN. The maximum Gasteiger partial charge on any atom is 0.251 e. The normalized spacial score (nSPS) is 24.9. The van der Waals surface area contributed by atoms with Crippen LogP contribution in [0.3, 0.4) is 0 Å². The van der Waals surface area contributed by atoms with Crippen LogP contribution in [0.4, 0.5) is 0 Å². The van der Waals surface area contributed by atoms with Crippen LogP contribution in [-0.2, 0) is 9.53 Å². The predicted molar refractivity (Wildman–Crippen MR) is 58.0 cm³/mol. The Bertz CT molecular complexity index is 211. The second kappa shape index (κ2) is 6.05. The average molecular weight is 215 g/mol. The van der Waals surface area contributed by atoms with Crippen LogP contribution in [0.2, 0.25) is 0 Å². The number of nitrogens with two attached hydrogens (primary N) is 1. The standard InChI is InChI=1S/C10H21N3O2/c1-3-8-7-15-6-5-13(8)9(4-2)10(14)12-11/h8-9H,3-7,11H2,1-2H3,(H,12,14). The summed E-state index contributed by atoms with van der Waals surface area (Å²) in [5.74, 6) is 5.09. The van der Waals surface area contributed by atoms with Gasteiger partial charge in [-0.2, -0.15) is 0 Å². The van der Waals surface area contributed by atoms with Crippen LogP contribution < -0.4 is 11.3 Å². The lowest BCUT2D eigenvalue weighted by Crippen LogP contribution is -2.56. The lowest BCUT2D eigenvalue weighted by atomic mass is 10.1. The summed E-state index contributed by atoms with van der Waals surface area (Å²) in [5.41, 5.74) is 2.24. The van der Waals surface area contributed by atoms with Gasteiger partial charge >= 0.3 is 0 Å². The van der Waals surface area contributed by atoms with Crippen molar-refractivity contribution in [3.63, 3.8) is 0 Å². The number of carbonyl (C=O) groups is 1. The van der Waals surface area contributed by atoms with Crippen LogP contribution in [0.1, 0.15) is 26.7 Å². The summed E-state index contributed by atoms with van der Waals surface area (Å²) < 4.78 is 5.41. The highest BCUT2D eigenvalue weighted by molar-refractivity contribution is 5.81. The number of amides is 1. The van der Waals surface area contributed by atoms with E-state index in [1.165, 1.54) is 0 Å². The van der Waals surface area contributed by atoms with Crippen molar-refractivity contribution < 1.29 is 9.53 Å². The molecule has 0 aliphatic carbocycles. The molecule has 1 aliphatic rings. The molecular formula is C10H21N3O2. The smallest absolute Gasteiger partial charge is 0.251 e. The topological polar surface area (TPSA) is 67.6 Å². The van der Waals surface area contributed by atoms with E-state index in [9.17, 15) is 4.79 Å². The molecule has 1 fully saturated rings. The number of hydrogen-bond donors (Lipinski definition) is 2. The molecule has 3 N–H and O–H groups in total. The molecule has 2 unspecified atom stereocenters. The number of hydrogen-bond acceptors (Lipinski definition) is 4. The van der Waals surface area contributed by atoms with Crippen molar-refractivity contribution in [2.75, 3.05) is 19.8 Å². The Morgan fingerprint density at radius 3 is 2.93 bits per heavy atom. The third kappa shape index (κ3) is 2.90. The van der Waals surface area contributed by atoms with Crippen molar-refractivity contribution >= 4 is 5.91 Å². The molecule has 0 aromatic carbocycles. The van der Waals surface area contributed by atoms with Crippen molar-refractivity contribution in [3.05, 3.63) is 0 Å². The zero-order chi connectivity index (χ0) is 11.3. The number of morpholine rings is 1. The summed E-state index contributed by atoms with van der Waals surface area (Å²) >= 11 is 0. The Hall–Kier alpha value is -0.650. The molecule has 1 amide bonds. The van der Waals surface area contributed by atoms with Gasteiger partial charge in [-0.15, -0.1) is 0 Å². The minimum absolute atomic E-state index is 0.0992. The van der Waals surface area contributed by atoms with Gasteiger partial charge < -0.3 is 4.74 Å². The maximum absolute atomic E-state index is 11.6. The first-order valence-corrected chi connectivity index (χ1v) is 5.58. The third-order valence-corrected chi connectivity index (χ3v) is 2.98. The minimum Gasteiger partial charge on any atom is -0.378 e. The molecule has 2 atom stereocenters. The second-order valence-electron chi connectivity index (χ2n) is 3.81. The number of nitrogens with one attached hydrogen (secondary N) is 1. The van der Waals surface area contributed by atoms with E-state index in [1.807, 2.05) is 6.92 Å². The van der Waals surface area contributed by atoms with Gasteiger partial charge in [0.1, 0.15) is 0 Å². The molecular weight excluding hydrogens is 194 g/mol. The highest BCUT2D eigenvalue weighted by Gasteiger charge is 2.31. The van der Waals surface area contributed by atoms with Gasteiger partial charge in [0.25, 0.3) is 5.91 Å². The summed E-state index contributed by atoms with van der Waals surface area (Å²) in [7, 11) is 0. The maximum atomic E-state index is 11.6. The van der Waals surface area contributed by atoms with Crippen molar-refractivity contribution in [2.24, 2.45) is 5.84 Å². The summed E-state index contributed by atoms with van der Waals surface area (Å²) in [6, 6.07) is 0.213. The Morgan fingerprint density at radius 1 is 1.67 bits per heavy atom. The van der Waals surface area contributed by atoms with Gasteiger partial charge in [0.2, 0.25) is 0 Å². The molecule has 1 rings (SSSR count). The molecule has 0 aromatic heterocycles. The Labute approximate surface area is 90.9 Å². The zero-order valence-electron chi connectivity index (χ0n) is 9.53. The van der Waals surface area contributed by atoms with Gasteiger partial charge in [-0.1, -0.05) is 13.8 Å². The summed E-state index contributed by atoms with van der Waals surface area (Å²) in [4.78, 5) is 13.8. The molecule has 1 aliphatic heterocycles. The van der Waals surface area contributed by atoms with E-state index in [1.54, 1.807) is 0 Å². The van der Waals surface area contributed by atoms with Crippen molar-refractivity contribution in [1.82, 2.24) is 10.3 Å². The van der Waals surface area contributed by atoms with E-state index >= 15 is 0 Å². The van der Waals surface area contributed by atoms with Crippen LogP contribution in [0.5, 0.6) is 0 Å². The van der Waals surface area contributed by atoms with Crippen molar-refractivity contribution in [1.29, 1.82) is 0 Å². The van der Waals surface area contributed by atoms with Gasteiger partial charge in [0.15, 0.2) is 0 Å². The van der Waals surface area contributed by atoms with Gasteiger partial charge in [0, 0.05) is 12.6 Å². The van der Waals surface area contributed by atoms with E-state index in [-0.39, 0.29) is 11.9 Å². The lowest BCUT2D eigenvalue weighted by Gasteiger charge is -2.39. The molecule has 0 saturated carbocycles.